The average Bonchev–Trinajstić information content (AvgIpc) is 2.87. The van der Waals surface area contributed by atoms with Crippen molar-refractivity contribution in [2.75, 3.05) is 27.5 Å². The number of nitrogens with zero attached hydrogens (tertiary/aromatic N) is 1. The summed E-state index contributed by atoms with van der Waals surface area (Å²) >= 11 is 5.92. The van der Waals surface area contributed by atoms with Crippen LogP contribution in [0.2, 0.25) is 5.02 Å². The Morgan fingerprint density at radius 1 is 1.06 bits per heavy atom. The van der Waals surface area contributed by atoms with Gasteiger partial charge in [0.15, 0.2) is 17.3 Å². The summed E-state index contributed by atoms with van der Waals surface area (Å²) in [5, 5.41) is 11.1. The third kappa shape index (κ3) is 6.26. The summed E-state index contributed by atoms with van der Waals surface area (Å²) < 4.78 is 41.9. The van der Waals surface area contributed by atoms with Gasteiger partial charge in [0.25, 0.3) is 0 Å². The molecule has 1 heterocycles. The first-order chi connectivity index (χ1) is 16.7. The molecule has 0 bridgehead atoms. The lowest BCUT2D eigenvalue weighted by molar-refractivity contribution is 0.0397. The number of halogens is 3. The molecule has 0 fully saturated rings. The molecule has 1 unspecified atom stereocenters. The van der Waals surface area contributed by atoms with E-state index in [-0.39, 0.29) is 30.3 Å². The quantitative estimate of drug-likeness (QED) is 0.333. The second-order valence-corrected chi connectivity index (χ2v) is 8.38. The van der Waals surface area contributed by atoms with E-state index in [2.05, 4.69) is 4.98 Å². The number of carbonyl (C=O) groups excluding carboxylic acids is 1. The summed E-state index contributed by atoms with van der Waals surface area (Å²) in [4.78, 5) is 17.4. The average molecular weight is 506 g/mol. The van der Waals surface area contributed by atoms with Crippen molar-refractivity contribution in [2.45, 2.75) is 25.4 Å². The molecule has 0 amide bonds. The van der Waals surface area contributed by atoms with Crippen LogP contribution in [-0.2, 0) is 5.60 Å². The summed E-state index contributed by atoms with van der Waals surface area (Å²) in [6.45, 7) is 0.798. The molecule has 186 valence electrons. The molecule has 0 aliphatic heterocycles. The molecule has 3 rings (SSSR count). The third-order valence-corrected chi connectivity index (χ3v) is 5.77. The van der Waals surface area contributed by atoms with E-state index in [1.807, 2.05) is 0 Å². The lowest BCUT2D eigenvalue weighted by atomic mass is 9.92. The van der Waals surface area contributed by atoms with Crippen LogP contribution in [0.3, 0.4) is 0 Å². The molecule has 1 aromatic heterocycles. The van der Waals surface area contributed by atoms with Gasteiger partial charge in [0.2, 0.25) is 0 Å². The lowest BCUT2D eigenvalue weighted by Crippen LogP contribution is -2.24. The molecule has 0 spiro atoms. The molecule has 35 heavy (non-hydrogen) atoms. The Bertz CT molecular complexity index is 1200. The fourth-order valence-electron chi connectivity index (χ4n) is 3.50. The van der Waals surface area contributed by atoms with Crippen LogP contribution in [-0.4, -0.2) is 43.4 Å². The Kier molecular flexibility index (Phi) is 8.64. The van der Waals surface area contributed by atoms with E-state index >= 15 is 0 Å². The molecular formula is C26H26ClF2NO5. The number of hydrogen-bond acceptors (Lipinski definition) is 6. The van der Waals surface area contributed by atoms with E-state index in [0.717, 1.165) is 0 Å². The van der Waals surface area contributed by atoms with E-state index in [1.54, 1.807) is 31.2 Å². The number of methoxy groups -OCH3 is 2. The summed E-state index contributed by atoms with van der Waals surface area (Å²) in [7, 11) is 2.90. The number of hydrogen-bond donors (Lipinski definition) is 1. The molecule has 1 N–H and O–H groups in total. The number of rotatable bonds is 11. The normalized spacial score (nSPS) is 12.7. The van der Waals surface area contributed by atoms with Crippen LogP contribution in [0, 0.1) is 5.82 Å². The highest BCUT2D eigenvalue weighted by Gasteiger charge is 2.28. The second kappa shape index (κ2) is 11.5. The minimum atomic E-state index is -1.45. The van der Waals surface area contributed by atoms with Gasteiger partial charge in [-0.05, 0) is 61.9 Å². The maximum Gasteiger partial charge on any atom is 0.163 e. The third-order valence-electron chi connectivity index (χ3n) is 5.48. The summed E-state index contributed by atoms with van der Waals surface area (Å²) in [6, 6.07) is 12.1. The van der Waals surface area contributed by atoms with Crippen LogP contribution < -0.4 is 14.2 Å². The molecule has 0 aliphatic rings. The van der Waals surface area contributed by atoms with Crippen LogP contribution >= 0.6 is 11.6 Å². The Morgan fingerprint density at radius 2 is 1.77 bits per heavy atom. The van der Waals surface area contributed by atoms with E-state index in [4.69, 9.17) is 25.8 Å². The monoisotopic (exact) mass is 505 g/mol. The van der Waals surface area contributed by atoms with Gasteiger partial charge >= 0.3 is 0 Å². The lowest BCUT2D eigenvalue weighted by Gasteiger charge is -2.24. The Morgan fingerprint density at radius 3 is 2.43 bits per heavy atom. The van der Waals surface area contributed by atoms with Crippen molar-refractivity contribution in [3.05, 3.63) is 70.6 Å². The molecule has 3 aromatic rings. The molecule has 1 atom stereocenters. The number of pyridine rings is 1. The van der Waals surface area contributed by atoms with Gasteiger partial charge in [-0.3, -0.25) is 4.79 Å². The summed E-state index contributed by atoms with van der Waals surface area (Å²) in [6.07, 6.45) is 0.101. The predicted octanol–water partition coefficient (Wildman–Crippen LogP) is 5.78. The predicted molar refractivity (Wildman–Crippen MR) is 129 cm³/mol. The Balaban J connectivity index is 1.80. The molecule has 2 aromatic carbocycles. The van der Waals surface area contributed by atoms with Gasteiger partial charge in [-0.15, -0.1) is 0 Å². The van der Waals surface area contributed by atoms with Crippen LogP contribution in [0.15, 0.2) is 48.5 Å². The number of aromatic nitrogens is 1. The number of Topliss-reactive ketones (excluding diaryl/α,β-unsaturated/α-hetero) is 1. The van der Waals surface area contributed by atoms with Crippen molar-refractivity contribution in [3.63, 3.8) is 0 Å². The fourth-order valence-corrected chi connectivity index (χ4v) is 3.68. The van der Waals surface area contributed by atoms with E-state index in [9.17, 15) is 18.7 Å². The number of alkyl halides is 1. The maximum atomic E-state index is 13.6. The van der Waals surface area contributed by atoms with Crippen LogP contribution in [0.4, 0.5) is 8.78 Å². The van der Waals surface area contributed by atoms with Crippen LogP contribution in [0.5, 0.6) is 17.2 Å². The highest BCUT2D eigenvalue weighted by molar-refractivity contribution is 6.31. The smallest absolute Gasteiger partial charge is 0.163 e. The molecular weight excluding hydrogens is 480 g/mol. The van der Waals surface area contributed by atoms with Gasteiger partial charge in [0, 0.05) is 17.5 Å². The van der Waals surface area contributed by atoms with E-state index < -0.39 is 18.1 Å². The topological polar surface area (TPSA) is 77.9 Å². The number of ether oxygens (including phenoxy) is 3. The number of aliphatic hydroxyl groups is 1. The molecule has 9 heteroatoms. The van der Waals surface area contributed by atoms with Gasteiger partial charge < -0.3 is 19.3 Å². The fraction of sp³-hybridized carbons (Fsp3) is 0.308. The first-order valence-corrected chi connectivity index (χ1v) is 11.2. The summed E-state index contributed by atoms with van der Waals surface area (Å²) in [5.74, 6) is 0.292. The van der Waals surface area contributed by atoms with Crippen molar-refractivity contribution in [1.29, 1.82) is 0 Å². The zero-order valence-corrected chi connectivity index (χ0v) is 20.4. The minimum Gasteiger partial charge on any atom is -0.494 e. The Labute approximate surface area is 207 Å². The second-order valence-electron chi connectivity index (χ2n) is 7.98. The van der Waals surface area contributed by atoms with Gasteiger partial charge in [0.1, 0.15) is 36.1 Å². The van der Waals surface area contributed by atoms with Crippen LogP contribution in [0.1, 0.15) is 35.8 Å². The molecule has 0 aliphatic carbocycles. The largest absolute Gasteiger partial charge is 0.494 e. The van der Waals surface area contributed by atoms with Crippen molar-refractivity contribution in [2.24, 2.45) is 0 Å². The highest BCUT2D eigenvalue weighted by Crippen LogP contribution is 2.35. The molecule has 0 radical (unpaired) electrons. The van der Waals surface area contributed by atoms with Gasteiger partial charge in [-0.1, -0.05) is 11.6 Å². The minimum absolute atomic E-state index is 0.0201. The first-order valence-electron chi connectivity index (χ1n) is 10.8. The van der Waals surface area contributed by atoms with E-state index in [0.29, 0.717) is 39.8 Å². The van der Waals surface area contributed by atoms with Crippen molar-refractivity contribution < 1.29 is 32.9 Å². The number of ketones is 1. The van der Waals surface area contributed by atoms with Gasteiger partial charge in [-0.25, -0.2) is 13.8 Å². The maximum absolute atomic E-state index is 13.6. The zero-order chi connectivity index (χ0) is 25.6. The SMILES string of the molecule is COc1cc(C(=O)CCC(C)(O)c2ccc(OC)c(-c3ccc(F)c(Cl)c3)n2)ccc1OCCF. The molecule has 0 saturated heterocycles. The first kappa shape index (κ1) is 26.4. The van der Waals surface area contributed by atoms with Crippen molar-refractivity contribution in [1.82, 2.24) is 4.98 Å². The number of carbonyl (C=O) groups is 1. The zero-order valence-electron chi connectivity index (χ0n) is 19.6. The number of benzene rings is 2. The summed E-state index contributed by atoms with van der Waals surface area (Å²) in [5.41, 5.74) is 0.134. The molecule has 6 nitrogen and oxygen atoms in total. The van der Waals surface area contributed by atoms with Gasteiger partial charge in [-0.2, -0.15) is 0 Å². The van der Waals surface area contributed by atoms with Crippen molar-refractivity contribution in [3.8, 4) is 28.5 Å². The standard InChI is InChI=1S/C26H26ClF2NO5/c1-26(32,11-10-20(31)16-5-7-21(35-13-12-28)23(15-16)34-3)24-9-8-22(33-2)25(30-24)17-4-6-19(29)18(27)14-17/h4-9,14-15,32H,10-13H2,1-3H3. The van der Waals surface area contributed by atoms with E-state index in [1.165, 1.54) is 38.5 Å². The van der Waals surface area contributed by atoms with Crippen molar-refractivity contribution >= 4 is 17.4 Å². The Hall–Kier alpha value is -3.23. The molecule has 0 saturated carbocycles. The highest BCUT2D eigenvalue weighted by atomic mass is 35.5. The van der Waals surface area contributed by atoms with Crippen LogP contribution in [0.25, 0.3) is 11.3 Å². The van der Waals surface area contributed by atoms with Gasteiger partial charge in [0.05, 0.1) is 24.9 Å².